The van der Waals surface area contributed by atoms with Crippen molar-refractivity contribution in [1.82, 2.24) is 14.8 Å². The van der Waals surface area contributed by atoms with Crippen LogP contribution in [0.1, 0.15) is 4.79 Å². The Morgan fingerprint density at radius 3 is 2.72 bits per heavy atom. The molecule has 0 fully saturated rings. The third-order valence-corrected chi connectivity index (χ3v) is 3.33. The lowest BCUT2D eigenvalue weighted by molar-refractivity contribution is 0.0923. The maximum absolute atomic E-state index is 13.5. The summed E-state index contributed by atoms with van der Waals surface area (Å²) in [6, 6.07) is 1.82. The molecule has 1 aromatic heterocycles. The van der Waals surface area contributed by atoms with Crippen LogP contribution in [0.5, 0.6) is 0 Å². The Morgan fingerprint density at radius 2 is 2.00 bits per heavy atom. The van der Waals surface area contributed by atoms with Crippen LogP contribution in [-0.2, 0) is 0 Å². The van der Waals surface area contributed by atoms with Crippen molar-refractivity contribution in [3.63, 3.8) is 0 Å². The van der Waals surface area contributed by atoms with E-state index in [4.69, 9.17) is 0 Å². The number of rotatable bonds is 1. The fourth-order valence-electron chi connectivity index (χ4n) is 1.55. The number of hydrogen-bond acceptors (Lipinski definition) is 4. The van der Waals surface area contributed by atoms with Crippen LogP contribution in [0.2, 0.25) is 0 Å². The standard InChI is InChI=1S/C10H4F3N3OS/c11-5-2-1-4(7(12)8(5)13)9-14-10-16(15-9)6(17)3-18-10/h1-2H,3H2. The second kappa shape index (κ2) is 3.84. The van der Waals surface area contributed by atoms with Crippen LogP contribution < -0.4 is 0 Å². The van der Waals surface area contributed by atoms with Crippen LogP contribution in [-0.4, -0.2) is 26.4 Å². The van der Waals surface area contributed by atoms with E-state index in [1.165, 1.54) is 0 Å². The minimum atomic E-state index is -1.58. The van der Waals surface area contributed by atoms with Crippen LogP contribution in [0.4, 0.5) is 13.2 Å². The van der Waals surface area contributed by atoms with E-state index in [0.717, 1.165) is 28.6 Å². The van der Waals surface area contributed by atoms with Crippen molar-refractivity contribution in [3.8, 4) is 11.4 Å². The fourth-order valence-corrected chi connectivity index (χ4v) is 2.34. The summed E-state index contributed by atoms with van der Waals surface area (Å²) in [5, 5.41) is 4.10. The molecule has 0 radical (unpaired) electrons. The molecule has 3 rings (SSSR count). The minimum absolute atomic E-state index is 0.137. The Labute approximate surface area is 103 Å². The summed E-state index contributed by atoms with van der Waals surface area (Å²) < 4.78 is 40.4. The number of carbonyl (C=O) groups is 1. The van der Waals surface area contributed by atoms with Gasteiger partial charge in [0.25, 0.3) is 5.91 Å². The van der Waals surface area contributed by atoms with Crippen LogP contribution in [0.25, 0.3) is 11.4 Å². The number of aromatic nitrogens is 3. The van der Waals surface area contributed by atoms with Gasteiger partial charge in [0.05, 0.1) is 11.3 Å². The summed E-state index contributed by atoms with van der Waals surface area (Å²) in [4.78, 5) is 15.2. The molecule has 0 spiro atoms. The summed E-state index contributed by atoms with van der Waals surface area (Å²) in [6.45, 7) is 0. The monoisotopic (exact) mass is 271 g/mol. The van der Waals surface area contributed by atoms with Crippen molar-refractivity contribution < 1.29 is 18.0 Å². The molecule has 1 aliphatic rings. The van der Waals surface area contributed by atoms with Crippen LogP contribution >= 0.6 is 11.8 Å². The quantitative estimate of drug-likeness (QED) is 0.745. The highest BCUT2D eigenvalue weighted by atomic mass is 32.2. The highest BCUT2D eigenvalue weighted by Gasteiger charge is 2.26. The van der Waals surface area contributed by atoms with Crippen molar-refractivity contribution in [2.24, 2.45) is 0 Å². The van der Waals surface area contributed by atoms with Gasteiger partial charge in [-0.05, 0) is 12.1 Å². The van der Waals surface area contributed by atoms with E-state index in [1.54, 1.807) is 0 Å². The number of thioether (sulfide) groups is 1. The van der Waals surface area contributed by atoms with Gasteiger partial charge in [-0.1, -0.05) is 11.8 Å². The lowest BCUT2D eigenvalue weighted by atomic mass is 10.2. The molecule has 0 saturated heterocycles. The summed E-state index contributed by atoms with van der Waals surface area (Å²) >= 11 is 1.15. The molecular weight excluding hydrogens is 267 g/mol. The zero-order valence-corrected chi connectivity index (χ0v) is 9.47. The SMILES string of the molecule is O=C1CSc2nc(-c3ccc(F)c(F)c3F)nn21. The topological polar surface area (TPSA) is 47.8 Å². The zero-order valence-electron chi connectivity index (χ0n) is 8.65. The van der Waals surface area contributed by atoms with Crippen molar-refractivity contribution >= 4 is 17.7 Å². The molecule has 18 heavy (non-hydrogen) atoms. The maximum atomic E-state index is 13.5. The molecule has 2 heterocycles. The Balaban J connectivity index is 2.14. The molecule has 1 aromatic carbocycles. The Kier molecular flexibility index (Phi) is 2.40. The molecule has 8 heteroatoms. The third-order valence-electron chi connectivity index (χ3n) is 2.41. The Bertz CT molecular complexity index is 671. The van der Waals surface area contributed by atoms with E-state index in [2.05, 4.69) is 10.1 Å². The van der Waals surface area contributed by atoms with Gasteiger partial charge in [-0.2, -0.15) is 4.68 Å². The first-order valence-corrected chi connectivity index (χ1v) is 5.83. The number of hydrogen-bond donors (Lipinski definition) is 0. The molecule has 4 nitrogen and oxygen atoms in total. The van der Waals surface area contributed by atoms with Gasteiger partial charge in [-0.3, -0.25) is 4.79 Å². The first kappa shape index (κ1) is 11.3. The number of nitrogens with zero attached hydrogens (tertiary/aromatic N) is 3. The van der Waals surface area contributed by atoms with Crippen LogP contribution in [0.3, 0.4) is 0 Å². The van der Waals surface area contributed by atoms with E-state index in [9.17, 15) is 18.0 Å². The van der Waals surface area contributed by atoms with Crippen LogP contribution in [0.15, 0.2) is 17.3 Å². The smallest absolute Gasteiger partial charge is 0.259 e. The summed E-state index contributed by atoms with van der Waals surface area (Å²) in [5.41, 5.74) is -0.274. The first-order chi connectivity index (χ1) is 8.58. The maximum Gasteiger partial charge on any atom is 0.259 e. The fraction of sp³-hybridized carbons (Fsp3) is 0.100. The van der Waals surface area contributed by atoms with Gasteiger partial charge in [-0.25, -0.2) is 18.2 Å². The molecule has 2 aromatic rings. The average Bonchev–Trinajstić information content (AvgIpc) is 2.89. The molecule has 0 N–H and O–H groups in total. The highest BCUT2D eigenvalue weighted by Crippen LogP contribution is 2.28. The largest absolute Gasteiger partial charge is 0.271 e. The van der Waals surface area contributed by atoms with E-state index < -0.39 is 17.5 Å². The van der Waals surface area contributed by atoms with Gasteiger partial charge in [0.1, 0.15) is 0 Å². The van der Waals surface area contributed by atoms with E-state index in [1.807, 2.05) is 0 Å². The lowest BCUT2D eigenvalue weighted by Gasteiger charge is -2.00. The predicted octanol–water partition coefficient (Wildman–Crippen LogP) is 2.11. The zero-order chi connectivity index (χ0) is 12.9. The van der Waals surface area contributed by atoms with Gasteiger partial charge in [-0.15, -0.1) is 5.10 Å². The highest BCUT2D eigenvalue weighted by molar-refractivity contribution is 8.00. The summed E-state index contributed by atoms with van der Waals surface area (Å²) in [5.74, 6) is -4.43. The molecule has 0 saturated carbocycles. The van der Waals surface area contributed by atoms with Gasteiger partial charge < -0.3 is 0 Å². The summed E-state index contributed by atoms with van der Waals surface area (Å²) in [7, 11) is 0. The van der Waals surface area contributed by atoms with Crippen molar-refractivity contribution in [3.05, 3.63) is 29.6 Å². The van der Waals surface area contributed by atoms with Crippen molar-refractivity contribution in [2.75, 3.05) is 5.75 Å². The molecule has 0 atom stereocenters. The number of carbonyl (C=O) groups excluding carboxylic acids is 1. The van der Waals surface area contributed by atoms with Crippen molar-refractivity contribution in [1.29, 1.82) is 0 Å². The normalized spacial score (nSPS) is 14.1. The minimum Gasteiger partial charge on any atom is -0.271 e. The van der Waals surface area contributed by atoms with Crippen molar-refractivity contribution in [2.45, 2.75) is 5.16 Å². The van der Waals surface area contributed by atoms with Gasteiger partial charge in [0.15, 0.2) is 28.4 Å². The van der Waals surface area contributed by atoms with Crippen LogP contribution in [0, 0.1) is 17.5 Å². The molecule has 0 bridgehead atoms. The molecule has 92 valence electrons. The Hall–Kier alpha value is -1.83. The molecular formula is C10H4F3N3OS. The second-order valence-electron chi connectivity index (χ2n) is 3.54. The van der Waals surface area contributed by atoms with Gasteiger partial charge in [0, 0.05) is 0 Å². The van der Waals surface area contributed by atoms with Gasteiger partial charge in [0.2, 0.25) is 0 Å². The average molecular weight is 271 g/mol. The van der Waals surface area contributed by atoms with E-state index in [0.29, 0.717) is 5.16 Å². The third kappa shape index (κ3) is 1.52. The van der Waals surface area contributed by atoms with E-state index >= 15 is 0 Å². The number of halogens is 3. The first-order valence-electron chi connectivity index (χ1n) is 4.85. The van der Waals surface area contributed by atoms with E-state index in [-0.39, 0.29) is 23.0 Å². The van der Waals surface area contributed by atoms with Gasteiger partial charge >= 0.3 is 0 Å². The number of fused-ring (bicyclic) bond motifs is 1. The molecule has 0 aliphatic carbocycles. The summed E-state index contributed by atoms with van der Waals surface area (Å²) in [6.07, 6.45) is 0. The number of benzene rings is 1. The molecule has 0 amide bonds. The lowest BCUT2D eigenvalue weighted by Crippen LogP contribution is -2.08. The predicted molar refractivity (Wildman–Crippen MR) is 56.7 cm³/mol. The second-order valence-corrected chi connectivity index (χ2v) is 4.48. The molecule has 1 aliphatic heterocycles. The Morgan fingerprint density at radius 1 is 1.22 bits per heavy atom. The molecule has 0 unspecified atom stereocenters.